The molecule has 1 aliphatic rings. The molecule has 0 spiro atoms. The molecule has 4 N–H and O–H groups in total. The zero-order chi connectivity index (χ0) is 22.4. The third-order valence-electron chi connectivity index (χ3n) is 4.77. The molecule has 4 rings (SSSR count). The van der Waals surface area contributed by atoms with E-state index in [0.717, 1.165) is 0 Å². The largest absolute Gasteiger partial charge is 0.436 e. The lowest BCUT2D eigenvalue weighted by atomic mass is 9.96. The molecule has 1 fully saturated rings. The summed E-state index contributed by atoms with van der Waals surface area (Å²) in [4.78, 5) is 12.1. The van der Waals surface area contributed by atoms with Crippen molar-refractivity contribution in [2.75, 3.05) is 12.3 Å². The number of thiol groups is 1. The van der Waals surface area contributed by atoms with Gasteiger partial charge in [-0.05, 0) is 30.9 Å². The molecule has 1 aliphatic heterocycles. The Balaban J connectivity index is 1.53. The lowest BCUT2D eigenvalue weighted by Crippen LogP contribution is -2.44. The fourth-order valence-corrected chi connectivity index (χ4v) is 5.18. The third kappa shape index (κ3) is 4.53. The molecule has 0 bridgehead atoms. The van der Waals surface area contributed by atoms with Crippen LogP contribution in [-0.4, -0.2) is 54.1 Å². The van der Waals surface area contributed by atoms with E-state index in [2.05, 4.69) is 27.2 Å². The number of para-hydroxylation sites is 1. The minimum atomic E-state index is -2.99. The molecule has 1 aromatic carbocycles. The first-order valence-electron chi connectivity index (χ1n) is 9.02. The Kier molecular flexibility index (Phi) is 6.18. The monoisotopic (exact) mass is 503 g/mol. The van der Waals surface area contributed by atoms with Gasteiger partial charge in [0.2, 0.25) is 5.95 Å². The van der Waals surface area contributed by atoms with E-state index in [1.54, 1.807) is 24.3 Å². The summed E-state index contributed by atoms with van der Waals surface area (Å²) in [6.07, 6.45) is -1.92. The number of hydrogen-bond acceptors (Lipinski definition) is 10. The number of aromatic nitrogens is 4. The number of benzene rings is 1. The summed E-state index contributed by atoms with van der Waals surface area (Å²) in [6, 6.07) is 8.88. The summed E-state index contributed by atoms with van der Waals surface area (Å²) >= 11 is 15.7. The van der Waals surface area contributed by atoms with Crippen LogP contribution < -0.4 is 10.3 Å². The van der Waals surface area contributed by atoms with Crippen molar-refractivity contribution < 1.29 is 24.0 Å². The van der Waals surface area contributed by atoms with Crippen molar-refractivity contribution in [3.05, 3.63) is 41.8 Å². The summed E-state index contributed by atoms with van der Waals surface area (Å²) in [7, 11) is 0. The number of aliphatic hydroxyl groups is 2. The standard InChI is InChI=1S/C17H19ClN5O5PS2/c1-17(25)12(24)10(7-26-29(30,31)28-9-5-3-2-4-6-9)27-15(17)23-8-20-11-13(18)21-16(19)22-14(11)23/h2-6,8,10,12,15,24-25H,7H2,1H3,(H,30,31)(H2,19,21,22)/t10-,12-,15-,17-/m1/s1. The predicted molar refractivity (Wildman–Crippen MR) is 122 cm³/mol. The van der Waals surface area contributed by atoms with Crippen LogP contribution in [0.2, 0.25) is 5.15 Å². The Morgan fingerprint density at radius 2 is 2.10 bits per heavy atom. The van der Waals surface area contributed by atoms with E-state index in [0.29, 0.717) is 5.75 Å². The van der Waals surface area contributed by atoms with Crippen molar-refractivity contribution in [2.45, 2.75) is 31.0 Å². The zero-order valence-electron chi connectivity index (χ0n) is 16.1. The molecule has 0 saturated carbocycles. The van der Waals surface area contributed by atoms with Gasteiger partial charge in [0.15, 0.2) is 17.0 Å². The normalized spacial score (nSPS) is 28.0. The van der Waals surface area contributed by atoms with Gasteiger partial charge < -0.3 is 29.7 Å². The van der Waals surface area contributed by atoms with E-state index in [1.807, 2.05) is 6.07 Å². The number of ether oxygens (including phenoxy) is 1. The van der Waals surface area contributed by atoms with Crippen LogP contribution >= 0.6 is 29.5 Å². The number of imidazole rings is 1. The van der Waals surface area contributed by atoms with Crippen molar-refractivity contribution in [3.63, 3.8) is 0 Å². The van der Waals surface area contributed by atoms with Gasteiger partial charge in [-0.25, -0.2) is 4.98 Å². The van der Waals surface area contributed by atoms with Crippen molar-refractivity contribution in [3.8, 4) is 5.75 Å². The molecule has 1 saturated heterocycles. The molecule has 0 radical (unpaired) electrons. The molecule has 0 amide bonds. The fraction of sp³-hybridized carbons (Fsp3) is 0.353. The molecule has 14 heteroatoms. The highest BCUT2D eigenvalue weighted by molar-refractivity contribution is 8.60. The number of nitrogens with two attached hydrogens (primary N) is 1. The van der Waals surface area contributed by atoms with Crippen LogP contribution in [0.25, 0.3) is 11.2 Å². The Morgan fingerprint density at radius 3 is 2.81 bits per heavy atom. The maximum absolute atomic E-state index is 11.0. The molecule has 1 unspecified atom stereocenters. The highest BCUT2D eigenvalue weighted by atomic mass is 35.5. The average molecular weight is 504 g/mol. The van der Waals surface area contributed by atoms with E-state index in [4.69, 9.17) is 42.9 Å². The molecule has 3 heterocycles. The predicted octanol–water partition coefficient (Wildman–Crippen LogP) is 2.32. The van der Waals surface area contributed by atoms with E-state index < -0.39 is 29.7 Å². The summed E-state index contributed by atoms with van der Waals surface area (Å²) in [6.45, 7) is 1.27. The van der Waals surface area contributed by atoms with E-state index in [-0.39, 0.29) is 28.9 Å². The number of aliphatic hydroxyl groups excluding tert-OH is 1. The van der Waals surface area contributed by atoms with Gasteiger partial charge in [-0.2, -0.15) is 9.97 Å². The number of fused-ring (bicyclic) bond motifs is 1. The first kappa shape index (κ1) is 22.7. The van der Waals surface area contributed by atoms with Gasteiger partial charge in [-0.1, -0.05) is 42.0 Å². The van der Waals surface area contributed by atoms with Crippen LogP contribution in [0.3, 0.4) is 0 Å². The molecule has 0 aliphatic carbocycles. The first-order chi connectivity index (χ1) is 14.6. The van der Waals surface area contributed by atoms with Gasteiger partial charge in [0.1, 0.15) is 29.1 Å². The topological polar surface area (TPSA) is 138 Å². The summed E-state index contributed by atoms with van der Waals surface area (Å²) < 4.78 is 18.6. The van der Waals surface area contributed by atoms with E-state index in [1.165, 1.54) is 17.8 Å². The van der Waals surface area contributed by atoms with Crippen LogP contribution in [0.4, 0.5) is 5.95 Å². The number of nitrogens with zero attached hydrogens (tertiary/aromatic N) is 4. The second kappa shape index (κ2) is 8.45. The molecule has 3 aromatic rings. The number of hydrogen-bond donors (Lipinski definition) is 4. The Hall–Kier alpha value is -1.50. The number of halogens is 1. The third-order valence-corrected chi connectivity index (χ3v) is 7.08. The van der Waals surface area contributed by atoms with Crippen molar-refractivity contribution >= 4 is 58.5 Å². The average Bonchev–Trinajstić information content (AvgIpc) is 3.20. The Morgan fingerprint density at radius 1 is 1.39 bits per heavy atom. The van der Waals surface area contributed by atoms with Gasteiger partial charge >= 0.3 is 0 Å². The maximum Gasteiger partial charge on any atom is 0.294 e. The molecule has 2 aromatic heterocycles. The SMILES string of the molecule is C[C@@]1(O)[C@H](O)[C@@H](COP(=S)(S)Oc2ccccc2)O[C@H]1n1cnc2c(Cl)nc(N)nc21. The molecule has 5 atom stereocenters. The summed E-state index contributed by atoms with van der Waals surface area (Å²) in [5.41, 5.74) is 1.52. The fourth-order valence-electron chi connectivity index (χ4n) is 3.26. The lowest BCUT2D eigenvalue weighted by molar-refractivity contribution is -0.0947. The summed E-state index contributed by atoms with van der Waals surface area (Å²) in [5, 5.41) is 21.7. The molecule has 166 valence electrons. The molecular weight excluding hydrogens is 485 g/mol. The first-order valence-corrected chi connectivity index (χ1v) is 13.2. The zero-order valence-corrected chi connectivity index (χ0v) is 19.4. The molecule has 31 heavy (non-hydrogen) atoms. The van der Waals surface area contributed by atoms with Crippen LogP contribution in [0, 0.1) is 0 Å². The number of nitrogen functional groups attached to an aromatic ring is 1. The number of anilines is 1. The second-order valence-electron chi connectivity index (χ2n) is 7.06. The quantitative estimate of drug-likeness (QED) is 0.225. The minimum absolute atomic E-state index is 0.0631. The van der Waals surface area contributed by atoms with Crippen LogP contribution in [0.1, 0.15) is 13.2 Å². The smallest absolute Gasteiger partial charge is 0.294 e. The van der Waals surface area contributed by atoms with Crippen molar-refractivity contribution in [1.29, 1.82) is 0 Å². The highest BCUT2D eigenvalue weighted by Gasteiger charge is 2.53. The lowest BCUT2D eigenvalue weighted by Gasteiger charge is -2.27. The van der Waals surface area contributed by atoms with Gasteiger partial charge in [0.05, 0.1) is 12.9 Å². The Bertz CT molecular complexity index is 1150. The van der Waals surface area contributed by atoms with Gasteiger partial charge in [-0.15, -0.1) is 0 Å². The van der Waals surface area contributed by atoms with E-state index >= 15 is 0 Å². The van der Waals surface area contributed by atoms with E-state index in [9.17, 15) is 10.2 Å². The Labute approximate surface area is 192 Å². The van der Waals surface area contributed by atoms with Gasteiger partial charge in [0, 0.05) is 0 Å². The molecular formula is C17H19ClN5O5PS2. The van der Waals surface area contributed by atoms with Crippen LogP contribution in [0.5, 0.6) is 5.75 Å². The van der Waals surface area contributed by atoms with Crippen LogP contribution in [0.15, 0.2) is 36.7 Å². The number of rotatable bonds is 6. The summed E-state index contributed by atoms with van der Waals surface area (Å²) in [5.74, 6) is 0.448. The van der Waals surface area contributed by atoms with Gasteiger partial charge in [-0.3, -0.25) is 4.57 Å². The second-order valence-corrected chi connectivity index (χ2v) is 12.6. The van der Waals surface area contributed by atoms with Crippen molar-refractivity contribution in [1.82, 2.24) is 19.5 Å². The van der Waals surface area contributed by atoms with Crippen molar-refractivity contribution in [2.24, 2.45) is 0 Å². The highest BCUT2D eigenvalue weighted by Crippen LogP contribution is 2.54. The van der Waals surface area contributed by atoms with Gasteiger partial charge in [0.25, 0.3) is 5.69 Å². The minimum Gasteiger partial charge on any atom is -0.436 e. The molecule has 10 nitrogen and oxygen atoms in total. The van der Waals surface area contributed by atoms with Crippen LogP contribution in [-0.2, 0) is 21.1 Å². The maximum atomic E-state index is 11.0.